The van der Waals surface area contributed by atoms with Crippen molar-refractivity contribution in [3.05, 3.63) is 77.2 Å². The molecule has 0 fully saturated rings. The van der Waals surface area contributed by atoms with E-state index in [1.165, 1.54) is 36.0 Å². The highest BCUT2D eigenvalue weighted by atomic mass is 32.2. The van der Waals surface area contributed by atoms with Gasteiger partial charge in [-0.1, -0.05) is 36.0 Å². The zero-order valence-electron chi connectivity index (χ0n) is 14.1. The smallest absolute Gasteiger partial charge is 0.416 e. The lowest BCUT2D eigenvalue weighted by Gasteiger charge is -2.09. The topological polar surface area (TPSA) is 35.0 Å². The lowest BCUT2D eigenvalue weighted by Crippen LogP contribution is -2.05. The number of ether oxygens (including phenoxy) is 1. The highest BCUT2D eigenvalue weighted by molar-refractivity contribution is 7.98. The van der Waals surface area contributed by atoms with Gasteiger partial charge in [0.1, 0.15) is 11.6 Å². The quantitative estimate of drug-likeness (QED) is 0.301. The predicted octanol–water partition coefficient (Wildman–Crippen LogP) is 6.03. The van der Waals surface area contributed by atoms with Crippen molar-refractivity contribution in [2.75, 3.05) is 0 Å². The Morgan fingerprint density at radius 1 is 1.00 bits per heavy atom. The van der Waals surface area contributed by atoms with E-state index in [4.69, 9.17) is 4.74 Å². The van der Waals surface area contributed by atoms with Crippen LogP contribution < -0.4 is 4.74 Å². The molecule has 0 radical (unpaired) electrons. The monoisotopic (exact) mass is 394 g/mol. The van der Waals surface area contributed by atoms with Crippen LogP contribution in [-0.4, -0.2) is 9.97 Å². The van der Waals surface area contributed by atoms with Gasteiger partial charge >= 0.3 is 6.18 Å². The van der Waals surface area contributed by atoms with E-state index in [9.17, 15) is 17.6 Å². The number of thioether (sulfide) groups is 1. The molecule has 140 valence electrons. The molecular formula is C19H14F4N2OS. The van der Waals surface area contributed by atoms with Gasteiger partial charge in [-0.15, -0.1) is 0 Å². The van der Waals surface area contributed by atoms with Gasteiger partial charge in [0.2, 0.25) is 5.88 Å². The number of alkyl halides is 3. The maximum Gasteiger partial charge on any atom is 0.416 e. The van der Waals surface area contributed by atoms with Crippen molar-refractivity contribution in [3.63, 3.8) is 0 Å². The predicted molar refractivity (Wildman–Crippen MR) is 94.2 cm³/mol. The van der Waals surface area contributed by atoms with Crippen LogP contribution in [0, 0.1) is 12.7 Å². The minimum Gasteiger partial charge on any atom is -0.439 e. The molecule has 0 unspecified atom stereocenters. The van der Waals surface area contributed by atoms with Crippen LogP contribution >= 0.6 is 11.8 Å². The molecule has 0 atom stereocenters. The summed E-state index contributed by atoms with van der Waals surface area (Å²) in [5, 5.41) is 0.360. The van der Waals surface area contributed by atoms with Crippen molar-refractivity contribution in [2.45, 2.75) is 24.0 Å². The second-order valence-electron chi connectivity index (χ2n) is 5.68. The van der Waals surface area contributed by atoms with E-state index in [1.54, 1.807) is 25.1 Å². The molecule has 0 saturated carbocycles. The Morgan fingerprint density at radius 2 is 1.78 bits per heavy atom. The maximum atomic E-state index is 13.3. The van der Waals surface area contributed by atoms with Gasteiger partial charge in [0.05, 0.1) is 5.56 Å². The third kappa shape index (κ3) is 5.43. The van der Waals surface area contributed by atoms with Crippen molar-refractivity contribution in [1.29, 1.82) is 0 Å². The average Bonchev–Trinajstić information content (AvgIpc) is 2.59. The first-order valence-corrected chi connectivity index (χ1v) is 8.86. The molecule has 8 heteroatoms. The Labute approximate surface area is 157 Å². The lowest BCUT2D eigenvalue weighted by atomic mass is 10.1. The second-order valence-corrected chi connectivity index (χ2v) is 6.62. The van der Waals surface area contributed by atoms with Crippen LogP contribution in [-0.2, 0) is 11.9 Å². The van der Waals surface area contributed by atoms with Crippen LogP contribution in [0.3, 0.4) is 0 Å². The molecule has 2 aromatic carbocycles. The highest BCUT2D eigenvalue weighted by Crippen LogP contribution is 2.31. The normalized spacial score (nSPS) is 11.4. The van der Waals surface area contributed by atoms with Crippen LogP contribution in [0.25, 0.3) is 0 Å². The standard InChI is InChI=1S/C19H14F4N2OS/c1-12-8-17(26-16-7-3-6-15(20)10-16)25-18(24-12)27-11-13-4-2-5-14(9-13)19(21,22)23/h2-10H,11H2,1H3. The van der Waals surface area contributed by atoms with Crippen LogP contribution in [0.1, 0.15) is 16.8 Å². The van der Waals surface area contributed by atoms with Gasteiger partial charge in [-0.05, 0) is 30.7 Å². The molecular weight excluding hydrogens is 380 g/mol. The van der Waals surface area contributed by atoms with E-state index in [2.05, 4.69) is 9.97 Å². The summed E-state index contributed by atoms with van der Waals surface area (Å²) in [5.41, 5.74) is 0.441. The number of nitrogens with zero attached hydrogens (tertiary/aromatic N) is 2. The largest absolute Gasteiger partial charge is 0.439 e. The molecule has 0 amide bonds. The maximum absolute atomic E-state index is 13.3. The summed E-state index contributed by atoms with van der Waals surface area (Å²) in [6.45, 7) is 1.74. The SMILES string of the molecule is Cc1cc(Oc2cccc(F)c2)nc(SCc2cccc(C(F)(F)F)c2)n1. The van der Waals surface area contributed by atoms with Gasteiger partial charge in [0, 0.05) is 23.6 Å². The first kappa shape index (κ1) is 19.2. The Morgan fingerprint density at radius 3 is 2.52 bits per heavy atom. The van der Waals surface area contributed by atoms with Crippen molar-refractivity contribution < 1.29 is 22.3 Å². The summed E-state index contributed by atoms with van der Waals surface area (Å²) in [6, 6.07) is 12.4. The Bertz CT molecular complexity index is 947. The summed E-state index contributed by atoms with van der Waals surface area (Å²) in [7, 11) is 0. The number of aromatic nitrogens is 2. The van der Waals surface area contributed by atoms with E-state index in [0.717, 1.165) is 12.1 Å². The summed E-state index contributed by atoms with van der Waals surface area (Å²) in [5.74, 6) is 0.367. The average molecular weight is 394 g/mol. The zero-order chi connectivity index (χ0) is 19.4. The number of benzene rings is 2. The molecule has 27 heavy (non-hydrogen) atoms. The van der Waals surface area contributed by atoms with E-state index < -0.39 is 17.6 Å². The van der Waals surface area contributed by atoms with Crippen LogP contribution in [0.2, 0.25) is 0 Å². The van der Waals surface area contributed by atoms with Crippen LogP contribution in [0.15, 0.2) is 59.8 Å². The van der Waals surface area contributed by atoms with E-state index in [1.807, 2.05) is 0 Å². The molecule has 0 saturated heterocycles. The molecule has 1 heterocycles. The Kier molecular flexibility index (Phi) is 5.65. The molecule has 3 rings (SSSR count). The fourth-order valence-corrected chi connectivity index (χ4v) is 3.11. The summed E-state index contributed by atoms with van der Waals surface area (Å²) in [4.78, 5) is 8.48. The Hall–Kier alpha value is -2.61. The third-order valence-corrected chi connectivity index (χ3v) is 4.37. The number of hydrogen-bond donors (Lipinski definition) is 0. The zero-order valence-corrected chi connectivity index (χ0v) is 14.9. The summed E-state index contributed by atoms with van der Waals surface area (Å²) in [6.07, 6.45) is -4.38. The van der Waals surface area contributed by atoms with Crippen molar-refractivity contribution in [1.82, 2.24) is 9.97 Å². The molecule has 1 aromatic heterocycles. The third-order valence-electron chi connectivity index (χ3n) is 3.45. The molecule has 0 bridgehead atoms. The highest BCUT2D eigenvalue weighted by Gasteiger charge is 2.30. The second kappa shape index (κ2) is 7.96. The fourth-order valence-electron chi connectivity index (χ4n) is 2.27. The molecule has 0 spiro atoms. The summed E-state index contributed by atoms with van der Waals surface area (Å²) < 4.78 is 57.2. The molecule has 0 N–H and O–H groups in total. The van der Waals surface area contributed by atoms with Gasteiger partial charge in [-0.3, -0.25) is 0 Å². The fraction of sp³-hybridized carbons (Fsp3) is 0.158. The van der Waals surface area contributed by atoms with E-state index >= 15 is 0 Å². The van der Waals surface area contributed by atoms with Crippen molar-refractivity contribution in [2.24, 2.45) is 0 Å². The number of hydrogen-bond acceptors (Lipinski definition) is 4. The minimum atomic E-state index is -4.38. The van der Waals surface area contributed by atoms with E-state index in [-0.39, 0.29) is 11.6 Å². The molecule has 0 aliphatic carbocycles. The minimum absolute atomic E-state index is 0.236. The first-order valence-electron chi connectivity index (χ1n) is 7.88. The van der Waals surface area contributed by atoms with Crippen molar-refractivity contribution in [3.8, 4) is 11.6 Å². The first-order chi connectivity index (χ1) is 12.8. The number of halogens is 4. The van der Waals surface area contributed by atoms with Gasteiger partial charge in [-0.25, -0.2) is 9.37 Å². The van der Waals surface area contributed by atoms with E-state index in [0.29, 0.717) is 22.2 Å². The summed E-state index contributed by atoms with van der Waals surface area (Å²) >= 11 is 1.19. The molecule has 0 aliphatic rings. The molecule has 3 aromatic rings. The molecule has 3 nitrogen and oxygen atoms in total. The van der Waals surface area contributed by atoms with Crippen LogP contribution in [0.5, 0.6) is 11.6 Å². The van der Waals surface area contributed by atoms with Gasteiger partial charge in [-0.2, -0.15) is 18.2 Å². The van der Waals surface area contributed by atoms with Gasteiger partial charge in [0.15, 0.2) is 5.16 Å². The molecule has 0 aliphatic heterocycles. The van der Waals surface area contributed by atoms with Crippen LogP contribution in [0.4, 0.5) is 17.6 Å². The number of aryl methyl sites for hydroxylation is 1. The van der Waals surface area contributed by atoms with Gasteiger partial charge < -0.3 is 4.74 Å². The van der Waals surface area contributed by atoms with Gasteiger partial charge in [0.25, 0.3) is 0 Å². The lowest BCUT2D eigenvalue weighted by molar-refractivity contribution is -0.137. The Balaban J connectivity index is 1.73. The van der Waals surface area contributed by atoms with Crippen molar-refractivity contribution >= 4 is 11.8 Å². The number of rotatable bonds is 5.